The zero-order valence-corrected chi connectivity index (χ0v) is 12.0. The molecule has 0 bridgehead atoms. The molecule has 0 saturated heterocycles. The van der Waals surface area contributed by atoms with E-state index in [-0.39, 0.29) is 24.6 Å². The van der Waals surface area contributed by atoms with Gasteiger partial charge in [-0.25, -0.2) is 9.18 Å². The van der Waals surface area contributed by atoms with Gasteiger partial charge in [-0.3, -0.25) is 10.1 Å². The summed E-state index contributed by atoms with van der Waals surface area (Å²) in [4.78, 5) is 21.3. The number of ether oxygens (including phenoxy) is 2. The standard InChI is InChI=1S/C13H17FN2O5/c1-13(2,3)21-12(17)15-6-7-20-11-8-9(16(18)19)4-5-10(11)14/h4-5,8H,6-7H2,1-3H3,(H,15,17). The molecular weight excluding hydrogens is 283 g/mol. The van der Waals surface area contributed by atoms with Crippen molar-refractivity contribution >= 4 is 11.8 Å². The van der Waals surface area contributed by atoms with Crippen molar-refractivity contribution in [2.24, 2.45) is 0 Å². The fraction of sp³-hybridized carbons (Fsp3) is 0.462. The third-order valence-corrected chi connectivity index (χ3v) is 2.15. The van der Waals surface area contributed by atoms with Gasteiger partial charge in [0, 0.05) is 6.07 Å². The van der Waals surface area contributed by atoms with Gasteiger partial charge < -0.3 is 14.8 Å². The van der Waals surface area contributed by atoms with Crippen LogP contribution in [0.4, 0.5) is 14.9 Å². The molecule has 0 aromatic heterocycles. The molecule has 0 radical (unpaired) electrons. The number of non-ortho nitro benzene ring substituents is 1. The second-order valence-electron chi connectivity index (χ2n) is 5.15. The molecule has 0 fully saturated rings. The average molecular weight is 300 g/mol. The number of carbonyl (C=O) groups excluding carboxylic acids is 1. The van der Waals surface area contributed by atoms with E-state index in [2.05, 4.69) is 5.32 Å². The molecule has 8 heteroatoms. The van der Waals surface area contributed by atoms with Gasteiger partial charge in [-0.2, -0.15) is 0 Å². The molecular formula is C13H17FN2O5. The van der Waals surface area contributed by atoms with Gasteiger partial charge >= 0.3 is 6.09 Å². The number of nitro groups is 1. The van der Waals surface area contributed by atoms with Gasteiger partial charge in [-0.05, 0) is 26.8 Å². The molecule has 21 heavy (non-hydrogen) atoms. The van der Waals surface area contributed by atoms with Crippen molar-refractivity contribution in [2.75, 3.05) is 13.2 Å². The number of benzene rings is 1. The first-order chi connectivity index (χ1) is 9.69. The molecule has 116 valence electrons. The summed E-state index contributed by atoms with van der Waals surface area (Å²) in [6.07, 6.45) is -0.620. The van der Waals surface area contributed by atoms with Gasteiger partial charge in [0.15, 0.2) is 11.6 Å². The van der Waals surface area contributed by atoms with Crippen molar-refractivity contribution in [3.05, 3.63) is 34.1 Å². The predicted molar refractivity (Wildman–Crippen MR) is 72.8 cm³/mol. The predicted octanol–water partition coefficient (Wildman–Crippen LogP) is 2.64. The Hall–Kier alpha value is -2.38. The van der Waals surface area contributed by atoms with Crippen LogP contribution < -0.4 is 10.1 Å². The van der Waals surface area contributed by atoms with Crippen molar-refractivity contribution in [3.8, 4) is 5.75 Å². The van der Waals surface area contributed by atoms with E-state index in [0.29, 0.717) is 0 Å². The highest BCUT2D eigenvalue weighted by Gasteiger charge is 2.16. The molecule has 0 atom stereocenters. The number of rotatable bonds is 5. The van der Waals surface area contributed by atoms with Gasteiger partial charge in [-0.1, -0.05) is 0 Å². The highest BCUT2D eigenvalue weighted by molar-refractivity contribution is 5.67. The van der Waals surface area contributed by atoms with Crippen LogP contribution in [0.5, 0.6) is 5.75 Å². The first-order valence-electron chi connectivity index (χ1n) is 6.22. The summed E-state index contributed by atoms with van der Waals surface area (Å²) in [5.74, 6) is -0.951. The summed E-state index contributed by atoms with van der Waals surface area (Å²) >= 11 is 0. The van der Waals surface area contributed by atoms with Gasteiger partial charge in [0.1, 0.15) is 12.2 Å². The maximum absolute atomic E-state index is 13.4. The lowest BCUT2D eigenvalue weighted by Crippen LogP contribution is -2.34. The molecule has 0 heterocycles. The van der Waals surface area contributed by atoms with E-state index in [4.69, 9.17) is 9.47 Å². The van der Waals surface area contributed by atoms with Crippen LogP contribution >= 0.6 is 0 Å². The number of carbonyl (C=O) groups is 1. The molecule has 1 amide bonds. The van der Waals surface area contributed by atoms with Crippen LogP contribution in [0.15, 0.2) is 18.2 Å². The molecule has 0 aliphatic carbocycles. The van der Waals surface area contributed by atoms with E-state index in [9.17, 15) is 19.3 Å². The smallest absolute Gasteiger partial charge is 0.407 e. The lowest BCUT2D eigenvalue weighted by molar-refractivity contribution is -0.385. The quantitative estimate of drug-likeness (QED) is 0.513. The Labute approximate surface area is 121 Å². The number of nitrogens with one attached hydrogen (secondary N) is 1. The van der Waals surface area contributed by atoms with Crippen LogP contribution in [0.2, 0.25) is 0 Å². The molecule has 1 N–H and O–H groups in total. The molecule has 0 aliphatic rings. The molecule has 1 aromatic carbocycles. The molecule has 0 spiro atoms. The minimum Gasteiger partial charge on any atom is -0.488 e. The van der Waals surface area contributed by atoms with Crippen LogP contribution in [-0.4, -0.2) is 29.8 Å². The fourth-order valence-electron chi connectivity index (χ4n) is 1.34. The van der Waals surface area contributed by atoms with E-state index in [1.165, 1.54) is 0 Å². The molecule has 7 nitrogen and oxygen atoms in total. The van der Waals surface area contributed by atoms with E-state index in [1.807, 2.05) is 0 Å². The largest absolute Gasteiger partial charge is 0.488 e. The Balaban J connectivity index is 2.44. The minimum atomic E-state index is -0.710. The van der Waals surface area contributed by atoms with E-state index in [0.717, 1.165) is 18.2 Å². The van der Waals surface area contributed by atoms with E-state index in [1.54, 1.807) is 20.8 Å². The topological polar surface area (TPSA) is 90.7 Å². The fourth-order valence-corrected chi connectivity index (χ4v) is 1.34. The zero-order valence-electron chi connectivity index (χ0n) is 12.0. The van der Waals surface area contributed by atoms with E-state index >= 15 is 0 Å². The number of hydrogen-bond donors (Lipinski definition) is 1. The number of alkyl carbamates (subject to hydrolysis) is 1. The van der Waals surface area contributed by atoms with Crippen molar-refractivity contribution < 1.29 is 23.6 Å². The van der Waals surface area contributed by atoms with Gasteiger partial charge in [0.25, 0.3) is 5.69 Å². The lowest BCUT2D eigenvalue weighted by atomic mass is 10.2. The molecule has 0 unspecified atom stereocenters. The molecule has 0 aliphatic heterocycles. The van der Waals surface area contributed by atoms with Crippen LogP contribution in [0.1, 0.15) is 20.8 Å². The van der Waals surface area contributed by atoms with Gasteiger partial charge in [0.2, 0.25) is 0 Å². The highest BCUT2D eigenvalue weighted by Crippen LogP contribution is 2.23. The van der Waals surface area contributed by atoms with Crippen molar-refractivity contribution in [1.29, 1.82) is 0 Å². The molecule has 1 rings (SSSR count). The van der Waals surface area contributed by atoms with Crippen molar-refractivity contribution in [1.82, 2.24) is 5.32 Å². The number of amides is 1. The second-order valence-corrected chi connectivity index (χ2v) is 5.15. The SMILES string of the molecule is CC(C)(C)OC(=O)NCCOc1cc([N+](=O)[O-])ccc1F. The average Bonchev–Trinajstić information content (AvgIpc) is 2.34. The Bertz CT molecular complexity index is 528. The number of hydrogen-bond acceptors (Lipinski definition) is 5. The first kappa shape index (κ1) is 16.7. The lowest BCUT2D eigenvalue weighted by Gasteiger charge is -2.19. The summed E-state index contributed by atoms with van der Waals surface area (Å²) in [6, 6.07) is 2.98. The number of nitro benzene ring substituents is 1. The van der Waals surface area contributed by atoms with Crippen LogP contribution in [0, 0.1) is 15.9 Å². The zero-order chi connectivity index (χ0) is 16.0. The maximum Gasteiger partial charge on any atom is 0.407 e. The van der Waals surface area contributed by atoms with Crippen molar-refractivity contribution in [3.63, 3.8) is 0 Å². The van der Waals surface area contributed by atoms with Crippen LogP contribution in [-0.2, 0) is 4.74 Å². The number of nitrogens with zero attached hydrogens (tertiary/aromatic N) is 1. The third-order valence-electron chi connectivity index (χ3n) is 2.15. The minimum absolute atomic E-state index is 0.0443. The van der Waals surface area contributed by atoms with Crippen LogP contribution in [0.25, 0.3) is 0 Å². The van der Waals surface area contributed by atoms with Crippen LogP contribution in [0.3, 0.4) is 0 Å². The van der Waals surface area contributed by atoms with Gasteiger partial charge in [-0.15, -0.1) is 0 Å². The third kappa shape index (κ3) is 6.07. The Morgan fingerprint density at radius 1 is 1.43 bits per heavy atom. The molecule has 0 saturated carbocycles. The normalized spacial score (nSPS) is 10.9. The highest BCUT2D eigenvalue weighted by atomic mass is 19.1. The molecule has 1 aromatic rings. The Kier molecular flexibility index (Phi) is 5.45. The summed E-state index contributed by atoms with van der Waals surface area (Å²) in [5, 5.41) is 13.0. The summed E-state index contributed by atoms with van der Waals surface area (Å²) in [5.41, 5.74) is -0.886. The summed E-state index contributed by atoms with van der Waals surface area (Å²) in [7, 11) is 0. The first-order valence-corrected chi connectivity index (χ1v) is 6.22. The number of halogens is 1. The Morgan fingerprint density at radius 2 is 2.10 bits per heavy atom. The summed E-state index contributed by atoms with van der Waals surface area (Å²) < 4.78 is 23.4. The van der Waals surface area contributed by atoms with Crippen molar-refractivity contribution in [2.45, 2.75) is 26.4 Å². The monoisotopic (exact) mass is 300 g/mol. The van der Waals surface area contributed by atoms with E-state index < -0.39 is 22.4 Å². The Morgan fingerprint density at radius 3 is 2.67 bits per heavy atom. The van der Waals surface area contributed by atoms with Gasteiger partial charge in [0.05, 0.1) is 17.5 Å². The second kappa shape index (κ2) is 6.87. The summed E-state index contributed by atoms with van der Waals surface area (Å²) in [6.45, 7) is 5.21. The maximum atomic E-state index is 13.4.